The number of aromatic nitrogens is 2. The molecule has 0 aliphatic heterocycles. The first kappa shape index (κ1) is 12.6. The van der Waals surface area contributed by atoms with E-state index in [0.29, 0.717) is 11.7 Å². The molecule has 0 unspecified atom stereocenters. The Bertz CT molecular complexity index is 479. The molecule has 1 aromatic carbocycles. The number of ether oxygens (including phenoxy) is 1. The van der Waals surface area contributed by atoms with Crippen molar-refractivity contribution in [3.63, 3.8) is 0 Å². The molecular weight excluding hydrogens is 230 g/mol. The zero-order valence-corrected chi connectivity index (χ0v) is 10.4. The Kier molecular flexibility index (Phi) is 4.30. The zero-order chi connectivity index (χ0) is 12.8. The fourth-order valence-electron chi connectivity index (χ4n) is 1.48. The predicted octanol–water partition coefficient (Wildman–Crippen LogP) is 2.37. The highest BCUT2D eigenvalue weighted by Gasteiger charge is 2.07. The highest BCUT2D eigenvalue weighted by molar-refractivity contribution is 5.54. The maximum Gasteiger partial charge on any atom is 0.257 e. The van der Waals surface area contributed by atoms with E-state index in [2.05, 4.69) is 17.1 Å². The summed E-state index contributed by atoms with van der Waals surface area (Å²) in [6.07, 6.45) is 2.19. The zero-order valence-electron chi connectivity index (χ0n) is 10.4. The molecule has 0 bridgehead atoms. The minimum atomic E-state index is 0.279. The summed E-state index contributed by atoms with van der Waals surface area (Å²) in [6.45, 7) is 3.16. The van der Waals surface area contributed by atoms with Gasteiger partial charge in [-0.25, -0.2) is 0 Å². The third kappa shape index (κ3) is 3.07. The van der Waals surface area contributed by atoms with E-state index >= 15 is 0 Å². The van der Waals surface area contributed by atoms with E-state index in [1.54, 1.807) is 0 Å². The molecule has 0 saturated carbocycles. The van der Waals surface area contributed by atoms with Crippen molar-refractivity contribution >= 4 is 0 Å². The Hall–Kier alpha value is -1.88. The molecule has 5 nitrogen and oxygen atoms in total. The minimum Gasteiger partial charge on any atom is -0.494 e. The van der Waals surface area contributed by atoms with E-state index in [0.717, 1.165) is 30.8 Å². The normalized spacial score (nSPS) is 10.6. The highest BCUT2D eigenvalue weighted by Crippen LogP contribution is 2.20. The molecule has 0 amide bonds. The van der Waals surface area contributed by atoms with Gasteiger partial charge in [0.15, 0.2) is 5.82 Å². The second-order valence-corrected chi connectivity index (χ2v) is 3.95. The first-order valence-electron chi connectivity index (χ1n) is 6.09. The number of hydrogen-bond donors (Lipinski definition) is 1. The van der Waals surface area contributed by atoms with Gasteiger partial charge in [-0.05, 0) is 30.7 Å². The summed E-state index contributed by atoms with van der Waals surface area (Å²) in [7, 11) is 0. The van der Waals surface area contributed by atoms with E-state index in [4.69, 9.17) is 15.0 Å². The average molecular weight is 247 g/mol. The maximum atomic E-state index is 5.58. The minimum absolute atomic E-state index is 0.279. The number of benzene rings is 1. The van der Waals surface area contributed by atoms with Crippen LogP contribution >= 0.6 is 0 Å². The third-order valence-electron chi connectivity index (χ3n) is 2.52. The molecule has 2 N–H and O–H groups in total. The molecule has 1 aromatic heterocycles. The molecule has 2 rings (SSSR count). The number of nitrogens with zero attached hydrogens (tertiary/aromatic N) is 2. The van der Waals surface area contributed by atoms with E-state index in [9.17, 15) is 0 Å². The number of rotatable bonds is 6. The van der Waals surface area contributed by atoms with Gasteiger partial charge in [-0.3, -0.25) is 0 Å². The lowest BCUT2D eigenvalue weighted by atomic mass is 10.2. The van der Waals surface area contributed by atoms with Crippen LogP contribution in [0.15, 0.2) is 28.8 Å². The number of nitrogens with two attached hydrogens (primary N) is 1. The van der Waals surface area contributed by atoms with Crippen molar-refractivity contribution in [2.45, 2.75) is 26.3 Å². The SMILES string of the molecule is CCCCOc1ccc(-c2nc(CN)no2)cc1. The largest absolute Gasteiger partial charge is 0.494 e. The van der Waals surface area contributed by atoms with Crippen molar-refractivity contribution in [3.8, 4) is 17.2 Å². The van der Waals surface area contributed by atoms with Crippen LogP contribution < -0.4 is 10.5 Å². The van der Waals surface area contributed by atoms with Crippen molar-refractivity contribution in [3.05, 3.63) is 30.1 Å². The summed E-state index contributed by atoms with van der Waals surface area (Å²) in [4.78, 5) is 4.16. The van der Waals surface area contributed by atoms with Crippen LogP contribution in [0.3, 0.4) is 0 Å². The van der Waals surface area contributed by atoms with Gasteiger partial charge in [-0.15, -0.1) is 0 Å². The van der Waals surface area contributed by atoms with Crippen LogP contribution in [0, 0.1) is 0 Å². The van der Waals surface area contributed by atoms with Crippen molar-refractivity contribution in [2.75, 3.05) is 6.61 Å². The number of unbranched alkanes of at least 4 members (excludes halogenated alkanes) is 1. The fourth-order valence-corrected chi connectivity index (χ4v) is 1.48. The summed E-state index contributed by atoms with van der Waals surface area (Å²) in [5.74, 6) is 1.84. The van der Waals surface area contributed by atoms with Crippen LogP contribution in [0.25, 0.3) is 11.5 Å². The summed E-state index contributed by atoms with van der Waals surface area (Å²) in [5.41, 5.74) is 6.29. The molecule has 96 valence electrons. The number of hydrogen-bond acceptors (Lipinski definition) is 5. The monoisotopic (exact) mass is 247 g/mol. The van der Waals surface area contributed by atoms with Gasteiger partial charge in [-0.1, -0.05) is 18.5 Å². The van der Waals surface area contributed by atoms with Crippen molar-refractivity contribution in [2.24, 2.45) is 5.73 Å². The molecule has 0 atom stereocenters. The van der Waals surface area contributed by atoms with Gasteiger partial charge < -0.3 is 15.0 Å². The molecule has 0 fully saturated rings. The molecular formula is C13H17N3O2. The molecule has 0 spiro atoms. The van der Waals surface area contributed by atoms with Gasteiger partial charge in [0.05, 0.1) is 13.2 Å². The standard InChI is InChI=1S/C13H17N3O2/c1-2-3-8-17-11-6-4-10(5-7-11)13-15-12(9-14)16-18-13/h4-7H,2-3,8-9,14H2,1H3. The van der Waals surface area contributed by atoms with E-state index in [1.165, 1.54) is 0 Å². The van der Waals surface area contributed by atoms with E-state index in [1.807, 2.05) is 24.3 Å². The van der Waals surface area contributed by atoms with Gasteiger partial charge in [0.25, 0.3) is 5.89 Å². The Morgan fingerprint density at radius 1 is 1.28 bits per heavy atom. The summed E-state index contributed by atoms with van der Waals surface area (Å²) >= 11 is 0. The Balaban J connectivity index is 2.02. The molecule has 18 heavy (non-hydrogen) atoms. The Morgan fingerprint density at radius 2 is 2.06 bits per heavy atom. The molecule has 0 aliphatic rings. The molecule has 0 aliphatic carbocycles. The first-order valence-corrected chi connectivity index (χ1v) is 6.09. The van der Waals surface area contributed by atoms with Gasteiger partial charge in [0, 0.05) is 5.56 Å². The van der Waals surface area contributed by atoms with Crippen molar-refractivity contribution in [1.29, 1.82) is 0 Å². The molecule has 0 saturated heterocycles. The quantitative estimate of drug-likeness (QED) is 0.793. The van der Waals surface area contributed by atoms with Gasteiger partial charge in [0.1, 0.15) is 5.75 Å². The Labute approximate surface area is 106 Å². The highest BCUT2D eigenvalue weighted by atomic mass is 16.5. The van der Waals surface area contributed by atoms with Crippen LogP contribution in [-0.2, 0) is 6.54 Å². The van der Waals surface area contributed by atoms with Crippen LogP contribution in [0.5, 0.6) is 5.75 Å². The van der Waals surface area contributed by atoms with Crippen molar-refractivity contribution < 1.29 is 9.26 Å². The van der Waals surface area contributed by atoms with Gasteiger partial charge >= 0.3 is 0 Å². The molecule has 0 radical (unpaired) electrons. The molecule has 2 aromatic rings. The summed E-state index contributed by atoms with van der Waals surface area (Å²) in [5, 5.41) is 3.75. The van der Waals surface area contributed by atoms with Crippen LogP contribution in [0.4, 0.5) is 0 Å². The average Bonchev–Trinajstić information content (AvgIpc) is 2.89. The predicted molar refractivity (Wildman–Crippen MR) is 68.0 cm³/mol. The lowest BCUT2D eigenvalue weighted by molar-refractivity contribution is 0.309. The molecule has 5 heteroatoms. The lowest BCUT2D eigenvalue weighted by Crippen LogP contribution is -1.97. The fraction of sp³-hybridized carbons (Fsp3) is 0.385. The third-order valence-corrected chi connectivity index (χ3v) is 2.52. The van der Waals surface area contributed by atoms with E-state index < -0.39 is 0 Å². The van der Waals surface area contributed by atoms with Crippen LogP contribution in [0.1, 0.15) is 25.6 Å². The Morgan fingerprint density at radius 3 is 2.67 bits per heavy atom. The second-order valence-electron chi connectivity index (χ2n) is 3.95. The lowest BCUT2D eigenvalue weighted by Gasteiger charge is -2.04. The van der Waals surface area contributed by atoms with Gasteiger partial charge in [0.2, 0.25) is 0 Å². The summed E-state index contributed by atoms with van der Waals surface area (Å²) in [6, 6.07) is 7.60. The smallest absolute Gasteiger partial charge is 0.257 e. The van der Waals surface area contributed by atoms with Crippen LogP contribution in [0.2, 0.25) is 0 Å². The van der Waals surface area contributed by atoms with E-state index in [-0.39, 0.29) is 6.54 Å². The van der Waals surface area contributed by atoms with Gasteiger partial charge in [-0.2, -0.15) is 4.98 Å². The first-order chi connectivity index (χ1) is 8.83. The second kappa shape index (κ2) is 6.16. The van der Waals surface area contributed by atoms with Crippen LogP contribution in [-0.4, -0.2) is 16.7 Å². The summed E-state index contributed by atoms with van der Waals surface area (Å²) < 4.78 is 10.7. The molecule has 1 heterocycles. The van der Waals surface area contributed by atoms with Crippen molar-refractivity contribution in [1.82, 2.24) is 10.1 Å². The maximum absolute atomic E-state index is 5.58. The topological polar surface area (TPSA) is 74.2 Å².